The third-order valence-corrected chi connectivity index (χ3v) is 3.35. The molecule has 0 amide bonds. The van der Waals surface area contributed by atoms with Crippen LogP contribution in [-0.2, 0) is 9.84 Å². The molecule has 13 heavy (non-hydrogen) atoms. The van der Waals surface area contributed by atoms with Crippen molar-refractivity contribution in [1.29, 1.82) is 0 Å². The van der Waals surface area contributed by atoms with Gasteiger partial charge in [0.1, 0.15) is 0 Å². The van der Waals surface area contributed by atoms with Gasteiger partial charge in [-0.2, -0.15) is 0 Å². The third-order valence-electron chi connectivity index (χ3n) is 1.59. The molecule has 1 atom stereocenters. The number of aliphatic hydroxyl groups is 1. The Morgan fingerprint density at radius 1 is 1.31 bits per heavy atom. The zero-order valence-corrected chi connectivity index (χ0v) is 7.74. The molecule has 1 unspecified atom stereocenters. The highest BCUT2D eigenvalue weighted by Gasteiger charge is 2.21. The molecule has 0 aliphatic rings. The summed E-state index contributed by atoms with van der Waals surface area (Å²) in [6.45, 7) is 3.22. The normalized spacial score (nSPS) is 13.6. The fourth-order valence-electron chi connectivity index (χ4n) is 0.876. The lowest BCUT2D eigenvalue weighted by Gasteiger charge is -2.06. The van der Waals surface area contributed by atoms with Crippen molar-refractivity contribution in [3.63, 3.8) is 0 Å². The van der Waals surface area contributed by atoms with Gasteiger partial charge in [-0.1, -0.05) is 24.8 Å². The predicted molar refractivity (Wildman–Crippen MR) is 49.8 cm³/mol. The van der Waals surface area contributed by atoms with Crippen molar-refractivity contribution in [2.75, 3.05) is 0 Å². The van der Waals surface area contributed by atoms with Crippen LogP contribution in [0.2, 0.25) is 0 Å². The molecule has 1 aromatic rings. The zero-order chi connectivity index (χ0) is 9.90. The summed E-state index contributed by atoms with van der Waals surface area (Å²) in [5.41, 5.74) is -1.53. The van der Waals surface area contributed by atoms with Crippen LogP contribution in [0.3, 0.4) is 0 Å². The summed E-state index contributed by atoms with van der Waals surface area (Å²) in [7, 11) is -3.65. The average molecular weight is 198 g/mol. The molecule has 70 valence electrons. The van der Waals surface area contributed by atoms with Gasteiger partial charge in [-0.25, -0.2) is 8.42 Å². The van der Waals surface area contributed by atoms with E-state index in [1.165, 1.54) is 12.1 Å². The third kappa shape index (κ3) is 1.96. The van der Waals surface area contributed by atoms with E-state index in [2.05, 4.69) is 6.58 Å². The molecule has 0 aromatic heterocycles. The maximum atomic E-state index is 11.4. The largest absolute Gasteiger partial charge is 0.373 e. The van der Waals surface area contributed by atoms with Crippen molar-refractivity contribution in [2.24, 2.45) is 0 Å². The molecule has 4 heteroatoms. The van der Waals surface area contributed by atoms with Crippen LogP contribution in [0.25, 0.3) is 0 Å². The fourth-order valence-corrected chi connectivity index (χ4v) is 1.94. The first-order valence-corrected chi connectivity index (χ1v) is 5.23. The summed E-state index contributed by atoms with van der Waals surface area (Å²) in [5.74, 6) is 0. The van der Waals surface area contributed by atoms with Gasteiger partial charge < -0.3 is 5.11 Å². The van der Waals surface area contributed by atoms with Gasteiger partial charge in [-0.05, 0) is 18.2 Å². The minimum atomic E-state index is -3.65. The Morgan fingerprint density at radius 3 is 2.31 bits per heavy atom. The molecule has 0 saturated heterocycles. The molecular weight excluding hydrogens is 188 g/mol. The monoisotopic (exact) mass is 198 g/mol. The molecule has 0 aliphatic carbocycles. The highest BCUT2D eigenvalue weighted by molar-refractivity contribution is 7.92. The van der Waals surface area contributed by atoms with E-state index in [0.717, 1.165) is 6.08 Å². The molecule has 0 spiro atoms. The van der Waals surface area contributed by atoms with Gasteiger partial charge in [0.2, 0.25) is 9.84 Å². The molecule has 0 heterocycles. The second-order valence-electron chi connectivity index (χ2n) is 2.48. The zero-order valence-electron chi connectivity index (χ0n) is 6.92. The molecule has 0 saturated carbocycles. The molecule has 1 N–H and O–H groups in total. The lowest BCUT2D eigenvalue weighted by molar-refractivity contribution is 0.294. The minimum Gasteiger partial charge on any atom is -0.373 e. The quantitative estimate of drug-likeness (QED) is 0.736. The highest BCUT2D eigenvalue weighted by atomic mass is 32.2. The van der Waals surface area contributed by atoms with Crippen LogP contribution in [-0.4, -0.2) is 19.0 Å². The van der Waals surface area contributed by atoms with E-state index in [1.807, 2.05) is 0 Å². The minimum absolute atomic E-state index is 0.0994. The number of rotatable bonds is 3. The molecule has 0 aliphatic heterocycles. The molecule has 3 nitrogen and oxygen atoms in total. The average Bonchev–Trinajstić information content (AvgIpc) is 2.18. The maximum Gasteiger partial charge on any atom is 0.208 e. The molecule has 1 rings (SSSR count). The van der Waals surface area contributed by atoms with Crippen molar-refractivity contribution >= 4 is 9.84 Å². The van der Waals surface area contributed by atoms with Gasteiger partial charge in [-0.15, -0.1) is 0 Å². The second kappa shape index (κ2) is 3.72. The summed E-state index contributed by atoms with van der Waals surface area (Å²) < 4.78 is 22.9. The van der Waals surface area contributed by atoms with Crippen LogP contribution in [0.5, 0.6) is 0 Å². The Bertz CT molecular complexity index is 381. The smallest absolute Gasteiger partial charge is 0.208 e. The van der Waals surface area contributed by atoms with Gasteiger partial charge >= 0.3 is 0 Å². The van der Waals surface area contributed by atoms with Crippen molar-refractivity contribution in [2.45, 2.75) is 10.3 Å². The second-order valence-corrected chi connectivity index (χ2v) is 4.53. The fraction of sp³-hybridized carbons (Fsp3) is 0.111. The maximum absolute atomic E-state index is 11.4. The van der Waals surface area contributed by atoms with E-state index in [4.69, 9.17) is 5.11 Å². The summed E-state index contributed by atoms with van der Waals surface area (Å²) >= 11 is 0. The van der Waals surface area contributed by atoms with Crippen LogP contribution in [0.1, 0.15) is 0 Å². The topological polar surface area (TPSA) is 54.4 Å². The Hall–Kier alpha value is -1.13. The Labute approximate surface area is 77.3 Å². The number of benzene rings is 1. The van der Waals surface area contributed by atoms with E-state index in [-0.39, 0.29) is 4.90 Å². The lowest BCUT2D eigenvalue weighted by Crippen LogP contribution is -2.17. The molecular formula is C9H10O3S. The van der Waals surface area contributed by atoms with E-state index >= 15 is 0 Å². The van der Waals surface area contributed by atoms with Gasteiger partial charge in [0, 0.05) is 0 Å². The number of hydrogen-bond acceptors (Lipinski definition) is 3. The van der Waals surface area contributed by atoms with Crippen molar-refractivity contribution in [3.8, 4) is 0 Å². The van der Waals surface area contributed by atoms with Crippen LogP contribution < -0.4 is 0 Å². The van der Waals surface area contributed by atoms with Gasteiger partial charge in [-0.3, -0.25) is 0 Å². The van der Waals surface area contributed by atoms with Gasteiger partial charge in [0.15, 0.2) is 5.44 Å². The number of sulfone groups is 1. The summed E-state index contributed by atoms with van der Waals surface area (Å²) in [6.07, 6.45) is 0.988. The van der Waals surface area contributed by atoms with E-state index in [1.54, 1.807) is 18.2 Å². The van der Waals surface area contributed by atoms with E-state index in [9.17, 15) is 8.42 Å². The molecule has 0 fully saturated rings. The SMILES string of the molecule is C=CC(O)S(=O)(=O)c1ccccc1. The summed E-state index contributed by atoms with van der Waals surface area (Å²) in [5, 5.41) is 9.13. The molecule has 0 bridgehead atoms. The first-order valence-electron chi connectivity index (χ1n) is 3.68. The van der Waals surface area contributed by atoms with E-state index in [0.29, 0.717) is 0 Å². The van der Waals surface area contributed by atoms with Crippen LogP contribution >= 0.6 is 0 Å². The van der Waals surface area contributed by atoms with Crippen LogP contribution in [0.4, 0.5) is 0 Å². The van der Waals surface area contributed by atoms with Crippen LogP contribution in [0, 0.1) is 0 Å². The van der Waals surface area contributed by atoms with Crippen molar-refractivity contribution in [1.82, 2.24) is 0 Å². The molecule has 0 radical (unpaired) electrons. The Kier molecular flexibility index (Phi) is 2.85. The standard InChI is InChI=1S/C9H10O3S/c1-2-9(10)13(11,12)8-6-4-3-5-7-8/h2-7,9-10H,1H2. The van der Waals surface area contributed by atoms with E-state index < -0.39 is 15.3 Å². The first-order chi connectivity index (χ1) is 6.09. The lowest BCUT2D eigenvalue weighted by atomic mass is 10.4. The van der Waals surface area contributed by atoms with Gasteiger partial charge in [0.25, 0.3) is 0 Å². The highest BCUT2D eigenvalue weighted by Crippen LogP contribution is 2.14. The van der Waals surface area contributed by atoms with Crippen LogP contribution in [0.15, 0.2) is 47.9 Å². The first kappa shape index (κ1) is 9.95. The predicted octanol–water partition coefficient (Wildman–Crippen LogP) is 0.965. The summed E-state index contributed by atoms with van der Waals surface area (Å²) in [4.78, 5) is 0.0994. The number of aliphatic hydroxyl groups excluding tert-OH is 1. The van der Waals surface area contributed by atoms with Crippen molar-refractivity contribution < 1.29 is 13.5 Å². The Morgan fingerprint density at radius 2 is 1.85 bits per heavy atom. The summed E-state index contributed by atoms with van der Waals surface area (Å²) in [6, 6.07) is 7.77. The van der Waals surface area contributed by atoms with Gasteiger partial charge in [0.05, 0.1) is 4.90 Å². The Balaban J connectivity index is 3.16. The molecule has 1 aromatic carbocycles. The number of hydrogen-bond donors (Lipinski definition) is 1. The van der Waals surface area contributed by atoms with Crippen molar-refractivity contribution in [3.05, 3.63) is 43.0 Å².